The molecule has 0 radical (unpaired) electrons. The van der Waals surface area contributed by atoms with Crippen molar-refractivity contribution in [1.82, 2.24) is 5.32 Å². The summed E-state index contributed by atoms with van der Waals surface area (Å²) < 4.78 is 6.24. The highest BCUT2D eigenvalue weighted by atomic mass is 79.9. The van der Waals surface area contributed by atoms with E-state index >= 15 is 0 Å². The molecule has 1 aromatic heterocycles. The molecule has 1 unspecified atom stereocenters. The summed E-state index contributed by atoms with van der Waals surface area (Å²) >= 11 is 3.52. The van der Waals surface area contributed by atoms with Gasteiger partial charge in [0.2, 0.25) is 0 Å². The third-order valence-corrected chi connectivity index (χ3v) is 3.81. The van der Waals surface area contributed by atoms with Gasteiger partial charge in [0.25, 0.3) is 0 Å². The summed E-state index contributed by atoms with van der Waals surface area (Å²) in [5.41, 5.74) is 4.11. The van der Waals surface area contributed by atoms with Gasteiger partial charge in [0.15, 0.2) is 0 Å². The number of hydrogen-bond donors (Lipinski definition) is 1. The van der Waals surface area contributed by atoms with Crippen molar-refractivity contribution in [2.24, 2.45) is 0 Å². The molecule has 17 heavy (non-hydrogen) atoms. The molecule has 1 atom stereocenters. The lowest BCUT2D eigenvalue weighted by Crippen LogP contribution is -2.18. The van der Waals surface area contributed by atoms with E-state index in [4.69, 9.17) is 4.42 Å². The molecule has 0 aliphatic heterocycles. The van der Waals surface area contributed by atoms with Gasteiger partial charge in [-0.1, -0.05) is 22.0 Å². The van der Waals surface area contributed by atoms with E-state index in [1.807, 2.05) is 6.07 Å². The summed E-state index contributed by atoms with van der Waals surface area (Å²) in [6, 6.07) is 9.06. The summed E-state index contributed by atoms with van der Waals surface area (Å²) in [5.74, 6) is 0. The Morgan fingerprint density at radius 1 is 1.35 bits per heavy atom. The van der Waals surface area contributed by atoms with Crippen molar-refractivity contribution in [3.63, 3.8) is 0 Å². The summed E-state index contributed by atoms with van der Waals surface area (Å²) in [5, 5.41) is 3.58. The Bertz CT molecular complexity index is 507. The number of hydrogen-bond acceptors (Lipinski definition) is 2. The molecule has 0 saturated heterocycles. The molecular formula is C14H14BrNO. The van der Waals surface area contributed by atoms with Crippen LogP contribution in [0.15, 0.2) is 45.7 Å². The number of fused-ring (bicyclic) bond motifs is 1. The topological polar surface area (TPSA) is 25.2 Å². The van der Waals surface area contributed by atoms with E-state index < -0.39 is 0 Å². The lowest BCUT2D eigenvalue weighted by atomic mass is 10.1. The Morgan fingerprint density at radius 3 is 3.12 bits per heavy atom. The van der Waals surface area contributed by atoms with Gasteiger partial charge >= 0.3 is 0 Å². The summed E-state index contributed by atoms with van der Waals surface area (Å²) in [4.78, 5) is 0. The van der Waals surface area contributed by atoms with Crippen molar-refractivity contribution in [1.29, 1.82) is 0 Å². The standard InChI is InChI=1S/C14H14BrNO/c15-12-2-3-13-11(7-12)1-4-14(13)16-8-10-5-6-17-9-10/h2-3,5-7,9,14,16H,1,4,8H2. The quantitative estimate of drug-likeness (QED) is 0.930. The van der Waals surface area contributed by atoms with Crippen LogP contribution in [0, 0.1) is 0 Å². The normalized spacial score (nSPS) is 18.3. The fourth-order valence-electron chi connectivity index (χ4n) is 2.43. The first-order valence-corrected chi connectivity index (χ1v) is 6.65. The van der Waals surface area contributed by atoms with E-state index in [2.05, 4.69) is 39.4 Å². The SMILES string of the molecule is Brc1ccc2c(c1)CCC2NCc1ccoc1. The summed E-state index contributed by atoms with van der Waals surface area (Å²) in [6.07, 6.45) is 5.86. The third-order valence-electron chi connectivity index (χ3n) is 3.32. The number of rotatable bonds is 3. The van der Waals surface area contributed by atoms with Gasteiger partial charge in [0.1, 0.15) is 0 Å². The lowest BCUT2D eigenvalue weighted by Gasteiger charge is -2.13. The maximum absolute atomic E-state index is 5.07. The van der Waals surface area contributed by atoms with Crippen LogP contribution in [0.1, 0.15) is 29.2 Å². The minimum absolute atomic E-state index is 0.480. The van der Waals surface area contributed by atoms with Gasteiger partial charge in [0.05, 0.1) is 12.5 Å². The van der Waals surface area contributed by atoms with Crippen LogP contribution < -0.4 is 5.32 Å². The lowest BCUT2D eigenvalue weighted by molar-refractivity contribution is 0.521. The minimum atomic E-state index is 0.480. The van der Waals surface area contributed by atoms with E-state index in [0.29, 0.717) is 6.04 Å². The van der Waals surface area contributed by atoms with Crippen molar-refractivity contribution in [3.8, 4) is 0 Å². The van der Waals surface area contributed by atoms with Crippen LogP contribution in [-0.4, -0.2) is 0 Å². The fourth-order valence-corrected chi connectivity index (χ4v) is 2.84. The monoisotopic (exact) mass is 291 g/mol. The fraction of sp³-hybridized carbons (Fsp3) is 0.286. The average molecular weight is 292 g/mol. The molecule has 88 valence electrons. The Hall–Kier alpha value is -1.06. The van der Waals surface area contributed by atoms with Crippen LogP contribution in [0.2, 0.25) is 0 Å². The van der Waals surface area contributed by atoms with Crippen molar-refractivity contribution in [2.75, 3.05) is 0 Å². The van der Waals surface area contributed by atoms with Gasteiger partial charge in [-0.25, -0.2) is 0 Å². The highest BCUT2D eigenvalue weighted by molar-refractivity contribution is 9.10. The minimum Gasteiger partial charge on any atom is -0.472 e. The largest absolute Gasteiger partial charge is 0.472 e. The second-order valence-corrected chi connectivity index (χ2v) is 5.36. The molecule has 0 saturated carbocycles. The maximum Gasteiger partial charge on any atom is 0.0947 e. The number of nitrogens with one attached hydrogen (secondary N) is 1. The average Bonchev–Trinajstić information content (AvgIpc) is 2.94. The number of furan rings is 1. The molecule has 1 aromatic carbocycles. The molecule has 1 N–H and O–H groups in total. The van der Waals surface area contributed by atoms with E-state index in [1.54, 1.807) is 12.5 Å². The zero-order valence-corrected chi connectivity index (χ0v) is 11.0. The first kappa shape index (κ1) is 11.1. The van der Waals surface area contributed by atoms with Gasteiger partial charge in [-0.05, 0) is 42.2 Å². The molecule has 3 heteroatoms. The van der Waals surface area contributed by atoms with E-state index in [1.165, 1.54) is 27.6 Å². The van der Waals surface area contributed by atoms with Crippen LogP contribution in [-0.2, 0) is 13.0 Å². The molecule has 1 aliphatic carbocycles. The molecular weight excluding hydrogens is 278 g/mol. The molecule has 0 bridgehead atoms. The van der Waals surface area contributed by atoms with Crippen molar-refractivity contribution in [2.45, 2.75) is 25.4 Å². The van der Waals surface area contributed by atoms with Crippen LogP contribution in [0.25, 0.3) is 0 Å². The molecule has 1 heterocycles. The second kappa shape index (κ2) is 4.67. The molecule has 3 rings (SSSR count). The first-order chi connectivity index (χ1) is 8.33. The van der Waals surface area contributed by atoms with E-state index in [0.717, 1.165) is 13.0 Å². The number of halogens is 1. The molecule has 2 nitrogen and oxygen atoms in total. The number of benzene rings is 1. The molecule has 0 fully saturated rings. The summed E-state index contributed by atoms with van der Waals surface area (Å²) in [6.45, 7) is 0.872. The zero-order valence-electron chi connectivity index (χ0n) is 9.45. The molecule has 0 amide bonds. The predicted molar refractivity (Wildman–Crippen MR) is 70.8 cm³/mol. The highest BCUT2D eigenvalue weighted by Gasteiger charge is 2.21. The highest BCUT2D eigenvalue weighted by Crippen LogP contribution is 2.33. The summed E-state index contributed by atoms with van der Waals surface area (Å²) in [7, 11) is 0. The van der Waals surface area contributed by atoms with Gasteiger partial charge in [-0.15, -0.1) is 0 Å². The molecule has 2 aromatic rings. The third kappa shape index (κ3) is 2.31. The van der Waals surface area contributed by atoms with Crippen molar-refractivity contribution >= 4 is 15.9 Å². The van der Waals surface area contributed by atoms with Gasteiger partial charge in [-0.2, -0.15) is 0 Å². The van der Waals surface area contributed by atoms with Gasteiger partial charge in [0, 0.05) is 22.6 Å². The molecule has 1 aliphatic rings. The zero-order chi connectivity index (χ0) is 11.7. The predicted octanol–water partition coefficient (Wildman–Crippen LogP) is 3.82. The smallest absolute Gasteiger partial charge is 0.0947 e. The first-order valence-electron chi connectivity index (χ1n) is 5.86. The Kier molecular flexibility index (Phi) is 3.04. The van der Waals surface area contributed by atoms with Gasteiger partial charge < -0.3 is 9.73 Å². The Balaban J connectivity index is 1.71. The van der Waals surface area contributed by atoms with Crippen LogP contribution in [0.3, 0.4) is 0 Å². The Labute approximate surface area is 109 Å². The Morgan fingerprint density at radius 2 is 2.29 bits per heavy atom. The maximum atomic E-state index is 5.07. The number of aryl methyl sites for hydroxylation is 1. The van der Waals surface area contributed by atoms with Crippen molar-refractivity contribution < 1.29 is 4.42 Å². The van der Waals surface area contributed by atoms with Crippen LogP contribution >= 0.6 is 15.9 Å². The molecule has 0 spiro atoms. The van der Waals surface area contributed by atoms with Gasteiger partial charge in [-0.3, -0.25) is 0 Å². The second-order valence-electron chi connectivity index (χ2n) is 4.45. The van der Waals surface area contributed by atoms with Crippen molar-refractivity contribution in [3.05, 3.63) is 58.0 Å². The van der Waals surface area contributed by atoms with E-state index in [9.17, 15) is 0 Å². The van der Waals surface area contributed by atoms with Crippen LogP contribution in [0.4, 0.5) is 0 Å². The van der Waals surface area contributed by atoms with Crippen LogP contribution in [0.5, 0.6) is 0 Å². The van der Waals surface area contributed by atoms with E-state index in [-0.39, 0.29) is 0 Å².